The quantitative estimate of drug-likeness (QED) is 0.605. The molecule has 0 amide bonds. The second-order valence-corrected chi connectivity index (χ2v) is 4.74. The lowest BCUT2D eigenvalue weighted by Crippen LogP contribution is -1.79. The third-order valence-electron chi connectivity index (χ3n) is 2.82. The van der Waals surface area contributed by atoms with Crippen molar-refractivity contribution in [2.45, 2.75) is 0 Å². The standard InChI is InChI=1S/C12H9ClO.C6H6O.CH4O/c13-11-7-3-1-5-9(11)10-6-2-4-8-12(10)14;7-6-4-2-1-3-5-6;1-2/h1-8,14H;1-5,7H;2H,1H3. The molecule has 0 aliphatic carbocycles. The highest BCUT2D eigenvalue weighted by molar-refractivity contribution is 6.33. The van der Waals surface area contributed by atoms with Gasteiger partial charge in [-0.25, -0.2) is 0 Å². The van der Waals surface area contributed by atoms with Crippen LogP contribution in [-0.4, -0.2) is 22.4 Å². The number of hydrogen-bond acceptors (Lipinski definition) is 3. The van der Waals surface area contributed by atoms with Gasteiger partial charge in [-0.05, 0) is 24.3 Å². The van der Waals surface area contributed by atoms with Gasteiger partial charge in [0, 0.05) is 23.3 Å². The van der Waals surface area contributed by atoms with Gasteiger partial charge in [-0.2, -0.15) is 0 Å². The number of aliphatic hydroxyl groups is 1. The van der Waals surface area contributed by atoms with Crippen LogP contribution in [0.15, 0.2) is 78.9 Å². The number of aliphatic hydroxyl groups excluding tert-OH is 1. The van der Waals surface area contributed by atoms with Gasteiger partial charge in [-0.3, -0.25) is 0 Å². The summed E-state index contributed by atoms with van der Waals surface area (Å²) in [5.74, 6) is 0.572. The highest BCUT2D eigenvalue weighted by Crippen LogP contribution is 2.33. The molecule has 0 aliphatic rings. The number of phenols is 2. The summed E-state index contributed by atoms with van der Waals surface area (Å²) in [6.07, 6.45) is 0. The van der Waals surface area contributed by atoms with Crippen molar-refractivity contribution in [3.05, 3.63) is 83.9 Å². The van der Waals surface area contributed by atoms with E-state index in [9.17, 15) is 5.11 Å². The molecule has 3 rings (SSSR count). The molecule has 4 heteroatoms. The van der Waals surface area contributed by atoms with Crippen LogP contribution < -0.4 is 0 Å². The number of para-hydroxylation sites is 2. The van der Waals surface area contributed by atoms with E-state index < -0.39 is 0 Å². The zero-order valence-corrected chi connectivity index (χ0v) is 13.5. The Hall–Kier alpha value is -2.49. The zero-order chi connectivity index (χ0) is 17.1. The second-order valence-electron chi connectivity index (χ2n) is 4.33. The number of rotatable bonds is 1. The Labute approximate surface area is 141 Å². The summed E-state index contributed by atoms with van der Waals surface area (Å²) in [4.78, 5) is 0. The summed E-state index contributed by atoms with van der Waals surface area (Å²) in [5.41, 5.74) is 1.62. The Morgan fingerprint density at radius 1 is 0.609 bits per heavy atom. The van der Waals surface area contributed by atoms with Gasteiger partial charge in [0.15, 0.2) is 0 Å². The molecule has 23 heavy (non-hydrogen) atoms. The van der Waals surface area contributed by atoms with E-state index in [-0.39, 0.29) is 5.75 Å². The van der Waals surface area contributed by atoms with E-state index in [0.29, 0.717) is 10.8 Å². The minimum atomic E-state index is 0.251. The summed E-state index contributed by atoms with van der Waals surface area (Å²) < 4.78 is 0. The molecule has 0 saturated carbocycles. The van der Waals surface area contributed by atoms with Gasteiger partial charge in [-0.1, -0.05) is 66.2 Å². The third-order valence-corrected chi connectivity index (χ3v) is 3.15. The van der Waals surface area contributed by atoms with Crippen LogP contribution in [-0.2, 0) is 0 Å². The molecule has 3 aromatic rings. The zero-order valence-electron chi connectivity index (χ0n) is 12.7. The van der Waals surface area contributed by atoms with E-state index in [2.05, 4.69) is 0 Å². The van der Waals surface area contributed by atoms with Crippen molar-refractivity contribution < 1.29 is 15.3 Å². The lowest BCUT2D eigenvalue weighted by Gasteiger charge is -2.05. The topological polar surface area (TPSA) is 60.7 Å². The van der Waals surface area contributed by atoms with Crippen molar-refractivity contribution in [2.75, 3.05) is 7.11 Å². The SMILES string of the molecule is CO.Oc1ccccc1.Oc1ccccc1-c1ccccc1Cl. The second kappa shape index (κ2) is 10.3. The number of halogens is 1. The van der Waals surface area contributed by atoms with Crippen LogP contribution >= 0.6 is 11.6 Å². The van der Waals surface area contributed by atoms with Gasteiger partial charge in [0.2, 0.25) is 0 Å². The Balaban J connectivity index is 0.000000247. The summed E-state index contributed by atoms with van der Waals surface area (Å²) >= 11 is 6.02. The van der Waals surface area contributed by atoms with Crippen LogP contribution in [0, 0.1) is 0 Å². The first-order chi connectivity index (χ1) is 11.2. The van der Waals surface area contributed by atoms with Crippen molar-refractivity contribution in [2.24, 2.45) is 0 Å². The highest BCUT2D eigenvalue weighted by atomic mass is 35.5. The van der Waals surface area contributed by atoms with Gasteiger partial charge < -0.3 is 15.3 Å². The Morgan fingerprint density at radius 3 is 1.57 bits per heavy atom. The predicted molar refractivity (Wildman–Crippen MR) is 94.8 cm³/mol. The molecule has 0 heterocycles. The molecule has 0 bridgehead atoms. The number of phenolic OH excluding ortho intramolecular Hbond substituents is 2. The maximum Gasteiger partial charge on any atom is 0.123 e. The van der Waals surface area contributed by atoms with E-state index in [1.54, 1.807) is 36.4 Å². The molecular formula is C19H19ClO3. The van der Waals surface area contributed by atoms with Crippen LogP contribution in [0.25, 0.3) is 11.1 Å². The van der Waals surface area contributed by atoms with Crippen LogP contribution in [0.3, 0.4) is 0 Å². The minimum absolute atomic E-state index is 0.251. The lowest BCUT2D eigenvalue weighted by atomic mass is 10.1. The molecule has 3 N–H and O–H groups in total. The molecule has 0 unspecified atom stereocenters. The van der Waals surface area contributed by atoms with E-state index in [1.807, 2.05) is 42.5 Å². The average molecular weight is 331 g/mol. The maximum atomic E-state index is 9.63. The average Bonchev–Trinajstić information content (AvgIpc) is 2.59. The van der Waals surface area contributed by atoms with Crippen molar-refractivity contribution in [1.82, 2.24) is 0 Å². The molecule has 3 nitrogen and oxygen atoms in total. The van der Waals surface area contributed by atoms with Crippen LogP contribution in [0.5, 0.6) is 11.5 Å². The Bertz CT molecular complexity index is 656. The first-order valence-electron chi connectivity index (χ1n) is 6.90. The van der Waals surface area contributed by atoms with Gasteiger partial charge in [-0.15, -0.1) is 0 Å². The molecular weight excluding hydrogens is 312 g/mol. The Kier molecular flexibility index (Phi) is 8.29. The first kappa shape index (κ1) is 18.6. The fraction of sp³-hybridized carbons (Fsp3) is 0.0526. The fourth-order valence-corrected chi connectivity index (χ4v) is 2.05. The molecule has 0 radical (unpaired) electrons. The van der Waals surface area contributed by atoms with Crippen LogP contribution in [0.4, 0.5) is 0 Å². The van der Waals surface area contributed by atoms with Gasteiger partial charge in [0.25, 0.3) is 0 Å². The van der Waals surface area contributed by atoms with Crippen molar-refractivity contribution in [3.63, 3.8) is 0 Å². The first-order valence-corrected chi connectivity index (χ1v) is 7.28. The van der Waals surface area contributed by atoms with E-state index in [0.717, 1.165) is 18.2 Å². The molecule has 0 fully saturated rings. The Morgan fingerprint density at radius 2 is 1.09 bits per heavy atom. The van der Waals surface area contributed by atoms with E-state index >= 15 is 0 Å². The fourth-order valence-electron chi connectivity index (χ4n) is 1.81. The van der Waals surface area contributed by atoms with Crippen molar-refractivity contribution >= 4 is 11.6 Å². The molecule has 0 spiro atoms. The minimum Gasteiger partial charge on any atom is -0.508 e. The summed E-state index contributed by atoms with van der Waals surface area (Å²) in [5, 5.41) is 25.9. The van der Waals surface area contributed by atoms with E-state index in [4.69, 9.17) is 21.8 Å². The third kappa shape index (κ3) is 6.02. The lowest BCUT2D eigenvalue weighted by molar-refractivity contribution is 0.399. The number of benzene rings is 3. The molecule has 0 aromatic heterocycles. The number of hydrogen-bond donors (Lipinski definition) is 3. The molecule has 0 aliphatic heterocycles. The highest BCUT2D eigenvalue weighted by Gasteiger charge is 2.05. The van der Waals surface area contributed by atoms with E-state index in [1.165, 1.54) is 0 Å². The van der Waals surface area contributed by atoms with Gasteiger partial charge >= 0.3 is 0 Å². The van der Waals surface area contributed by atoms with Crippen LogP contribution in [0.1, 0.15) is 0 Å². The summed E-state index contributed by atoms with van der Waals surface area (Å²) in [7, 11) is 1.00. The van der Waals surface area contributed by atoms with Crippen LogP contribution in [0.2, 0.25) is 5.02 Å². The molecule has 0 atom stereocenters. The summed E-state index contributed by atoms with van der Waals surface area (Å²) in [6, 6.07) is 23.3. The van der Waals surface area contributed by atoms with Crippen molar-refractivity contribution in [3.8, 4) is 22.6 Å². The number of aromatic hydroxyl groups is 2. The summed E-state index contributed by atoms with van der Waals surface area (Å²) in [6.45, 7) is 0. The van der Waals surface area contributed by atoms with Crippen molar-refractivity contribution in [1.29, 1.82) is 0 Å². The molecule has 3 aromatic carbocycles. The smallest absolute Gasteiger partial charge is 0.123 e. The predicted octanol–water partition coefficient (Wildman–Crippen LogP) is 4.71. The monoisotopic (exact) mass is 330 g/mol. The largest absolute Gasteiger partial charge is 0.508 e. The van der Waals surface area contributed by atoms with Gasteiger partial charge in [0.1, 0.15) is 11.5 Å². The molecule has 0 saturated heterocycles. The van der Waals surface area contributed by atoms with Gasteiger partial charge in [0.05, 0.1) is 0 Å². The normalized spacial score (nSPS) is 9.00. The maximum absolute atomic E-state index is 9.63. The molecule has 120 valence electrons.